The molecule has 0 fully saturated rings. The number of anilines is 1. The van der Waals surface area contributed by atoms with E-state index in [4.69, 9.17) is 10.2 Å². The summed E-state index contributed by atoms with van der Waals surface area (Å²) in [4.78, 5) is 35.0. The van der Waals surface area contributed by atoms with Crippen molar-refractivity contribution < 1.29 is 24.6 Å². The van der Waals surface area contributed by atoms with Crippen LogP contribution in [0.4, 0.5) is 5.00 Å². The summed E-state index contributed by atoms with van der Waals surface area (Å²) < 4.78 is 0. The van der Waals surface area contributed by atoms with E-state index < -0.39 is 5.97 Å². The molecule has 31 heavy (non-hydrogen) atoms. The van der Waals surface area contributed by atoms with Crippen LogP contribution in [0.1, 0.15) is 41.7 Å². The van der Waals surface area contributed by atoms with Crippen LogP contribution in [0.25, 0.3) is 0 Å². The Hall–Kier alpha value is -3.38. The average molecular weight is 446 g/mol. The van der Waals surface area contributed by atoms with E-state index in [0.29, 0.717) is 43.5 Å². The van der Waals surface area contributed by atoms with Crippen LogP contribution in [0.3, 0.4) is 0 Å². The lowest BCUT2D eigenvalue weighted by atomic mass is 10.0. The Morgan fingerprint density at radius 3 is 2.58 bits per heavy atom. The fraction of sp³-hybridized carbons (Fsp3) is 0.364. The van der Waals surface area contributed by atoms with E-state index in [9.17, 15) is 19.6 Å². The molecule has 0 atom stereocenters. The van der Waals surface area contributed by atoms with Crippen molar-refractivity contribution in [1.29, 1.82) is 5.26 Å². The third-order valence-corrected chi connectivity index (χ3v) is 5.74. The van der Waals surface area contributed by atoms with Crippen molar-refractivity contribution in [3.8, 4) is 6.07 Å². The van der Waals surface area contributed by atoms with Gasteiger partial charge in [0.2, 0.25) is 5.91 Å². The standard InChI is InChI=1S/C13H15N3O3S.C9H12O2/c1-15-13-9(6-14)8-4-5-16(7-10(8)20-13)11(17)2-3-12(18)19;1-3-5-9(11)8(2)6-4-7-10/h15H,2-5,7H2,1H3,(H,18,19);3,5,7,11H,1-2,4,6H2/b;9-5+. The Kier molecular flexibility index (Phi) is 10.8. The van der Waals surface area contributed by atoms with Crippen LogP contribution in [0, 0.1) is 11.3 Å². The molecule has 1 aliphatic rings. The number of carbonyl (C=O) groups excluding carboxylic acids is 2. The van der Waals surface area contributed by atoms with Crippen LogP contribution in [0.2, 0.25) is 0 Å². The minimum absolute atomic E-state index is 0.0278. The Morgan fingerprint density at radius 2 is 2.03 bits per heavy atom. The molecule has 9 heteroatoms. The maximum absolute atomic E-state index is 11.9. The molecule has 0 aromatic carbocycles. The van der Waals surface area contributed by atoms with Gasteiger partial charge in [-0.05, 0) is 30.1 Å². The number of hydrogen-bond acceptors (Lipinski definition) is 7. The fourth-order valence-electron chi connectivity index (χ4n) is 2.87. The minimum atomic E-state index is -0.962. The summed E-state index contributed by atoms with van der Waals surface area (Å²) in [5.74, 6) is -1.01. The maximum Gasteiger partial charge on any atom is 0.303 e. The van der Waals surface area contributed by atoms with Crippen molar-refractivity contribution in [1.82, 2.24) is 4.90 Å². The van der Waals surface area contributed by atoms with Gasteiger partial charge in [-0.1, -0.05) is 19.2 Å². The number of hydrogen-bond donors (Lipinski definition) is 3. The smallest absolute Gasteiger partial charge is 0.303 e. The number of nitrogens with one attached hydrogen (secondary N) is 1. The summed E-state index contributed by atoms with van der Waals surface area (Å²) in [5, 5.41) is 30.7. The van der Waals surface area contributed by atoms with E-state index in [1.54, 1.807) is 11.9 Å². The Balaban J connectivity index is 0.000000373. The van der Waals surface area contributed by atoms with Crippen molar-refractivity contribution in [2.75, 3.05) is 18.9 Å². The van der Waals surface area contributed by atoms with Crippen molar-refractivity contribution in [3.05, 3.63) is 52.6 Å². The van der Waals surface area contributed by atoms with E-state index in [1.807, 2.05) is 0 Å². The van der Waals surface area contributed by atoms with Crippen molar-refractivity contribution in [2.24, 2.45) is 0 Å². The zero-order valence-corrected chi connectivity index (χ0v) is 18.3. The van der Waals surface area contributed by atoms with Gasteiger partial charge in [0.1, 0.15) is 23.1 Å². The highest BCUT2D eigenvalue weighted by atomic mass is 32.1. The quantitative estimate of drug-likeness (QED) is 0.301. The Bertz CT molecular complexity index is 911. The van der Waals surface area contributed by atoms with E-state index in [2.05, 4.69) is 24.5 Å². The van der Waals surface area contributed by atoms with Crippen LogP contribution >= 0.6 is 11.3 Å². The predicted molar refractivity (Wildman–Crippen MR) is 120 cm³/mol. The summed E-state index contributed by atoms with van der Waals surface area (Å²) in [6.07, 6.45) is 5.15. The zero-order valence-electron chi connectivity index (χ0n) is 17.5. The molecule has 0 unspecified atom stereocenters. The largest absolute Gasteiger partial charge is 0.508 e. The number of carbonyl (C=O) groups is 3. The predicted octanol–water partition coefficient (Wildman–Crippen LogP) is 3.56. The first-order chi connectivity index (χ1) is 14.8. The molecule has 0 saturated heterocycles. The van der Waals surface area contributed by atoms with Crippen LogP contribution in [-0.4, -0.2) is 46.9 Å². The number of allylic oxidation sites excluding steroid dienone is 3. The number of aliphatic hydroxyl groups is 1. The van der Waals surface area contributed by atoms with Crippen molar-refractivity contribution in [3.63, 3.8) is 0 Å². The lowest BCUT2D eigenvalue weighted by Crippen LogP contribution is -2.35. The fourth-order valence-corrected chi connectivity index (χ4v) is 4.04. The van der Waals surface area contributed by atoms with Crippen molar-refractivity contribution in [2.45, 2.75) is 38.6 Å². The van der Waals surface area contributed by atoms with Crippen molar-refractivity contribution >= 4 is 34.5 Å². The highest BCUT2D eigenvalue weighted by molar-refractivity contribution is 7.16. The second-order valence-corrected chi connectivity index (χ2v) is 7.73. The lowest BCUT2D eigenvalue weighted by Gasteiger charge is -2.26. The number of amides is 1. The Morgan fingerprint density at radius 1 is 1.32 bits per heavy atom. The van der Waals surface area contributed by atoms with Gasteiger partial charge < -0.3 is 25.2 Å². The highest BCUT2D eigenvalue weighted by Gasteiger charge is 2.26. The molecular formula is C22H27N3O5S. The monoisotopic (exact) mass is 445 g/mol. The molecule has 1 aromatic heterocycles. The number of fused-ring (bicyclic) bond motifs is 1. The molecule has 1 amide bonds. The molecule has 0 spiro atoms. The first-order valence-electron chi connectivity index (χ1n) is 9.64. The molecular weight excluding hydrogens is 418 g/mol. The van der Waals surface area contributed by atoms with Gasteiger partial charge in [-0.25, -0.2) is 0 Å². The topological polar surface area (TPSA) is 131 Å². The first-order valence-corrected chi connectivity index (χ1v) is 10.5. The molecule has 0 aliphatic carbocycles. The maximum atomic E-state index is 11.9. The third-order valence-electron chi connectivity index (χ3n) is 4.50. The summed E-state index contributed by atoms with van der Waals surface area (Å²) in [7, 11) is 1.77. The number of carboxylic acid groups (broad SMARTS) is 1. The van der Waals surface area contributed by atoms with E-state index >= 15 is 0 Å². The van der Waals surface area contributed by atoms with Gasteiger partial charge >= 0.3 is 5.97 Å². The lowest BCUT2D eigenvalue weighted by molar-refractivity contribution is -0.141. The number of rotatable bonds is 9. The number of aliphatic hydroxyl groups excluding tert-OH is 1. The second kappa shape index (κ2) is 13.0. The van der Waals surface area contributed by atoms with Crippen LogP contribution < -0.4 is 5.32 Å². The summed E-state index contributed by atoms with van der Waals surface area (Å²) >= 11 is 1.49. The third kappa shape index (κ3) is 7.75. The van der Waals surface area contributed by atoms with E-state index in [0.717, 1.165) is 21.7 Å². The molecule has 166 valence electrons. The molecule has 1 aromatic rings. The first kappa shape index (κ1) is 25.7. The number of nitrogens with zero attached hydrogens (tertiary/aromatic N) is 2. The molecule has 1 aliphatic heterocycles. The van der Waals surface area contributed by atoms with Crippen LogP contribution in [0.5, 0.6) is 0 Å². The van der Waals surface area contributed by atoms with Gasteiger partial charge in [-0.3, -0.25) is 9.59 Å². The summed E-state index contributed by atoms with van der Waals surface area (Å²) in [6, 6.07) is 2.21. The number of aldehydes is 1. The summed E-state index contributed by atoms with van der Waals surface area (Å²) in [5.41, 5.74) is 2.26. The second-order valence-electron chi connectivity index (χ2n) is 6.63. The molecule has 8 nitrogen and oxygen atoms in total. The zero-order chi connectivity index (χ0) is 23.4. The van der Waals surface area contributed by atoms with Crippen LogP contribution in [-0.2, 0) is 27.3 Å². The van der Waals surface area contributed by atoms with Gasteiger partial charge in [0.15, 0.2) is 0 Å². The molecule has 3 N–H and O–H groups in total. The molecule has 0 saturated carbocycles. The average Bonchev–Trinajstić information content (AvgIpc) is 3.13. The van der Waals surface area contributed by atoms with Gasteiger partial charge in [0.05, 0.1) is 18.5 Å². The summed E-state index contributed by atoms with van der Waals surface area (Å²) in [6.45, 7) is 8.01. The molecule has 0 bridgehead atoms. The van der Waals surface area contributed by atoms with Gasteiger partial charge in [0, 0.05) is 31.3 Å². The van der Waals surface area contributed by atoms with E-state index in [-0.39, 0.29) is 24.5 Å². The normalized spacial score (nSPS) is 12.5. The van der Waals surface area contributed by atoms with Crippen LogP contribution in [0.15, 0.2) is 36.6 Å². The number of nitriles is 1. The Labute approximate surface area is 185 Å². The van der Waals surface area contributed by atoms with Gasteiger partial charge in [-0.15, -0.1) is 11.3 Å². The number of aliphatic carboxylic acids is 1. The van der Waals surface area contributed by atoms with Gasteiger partial charge in [0.25, 0.3) is 0 Å². The SMILES string of the molecule is C=C/C=C(/O)C(=C)CCC=O.CNc1sc2c(c1C#N)CCN(C(=O)CCC(=O)O)C2. The molecule has 2 heterocycles. The highest BCUT2D eigenvalue weighted by Crippen LogP contribution is 2.36. The molecule has 0 radical (unpaired) electrons. The van der Waals surface area contributed by atoms with Gasteiger partial charge in [-0.2, -0.15) is 5.26 Å². The minimum Gasteiger partial charge on any atom is -0.508 e. The molecule has 2 rings (SSSR count). The number of thiophene rings is 1. The van der Waals surface area contributed by atoms with E-state index in [1.165, 1.54) is 23.5 Å². The number of carboxylic acids is 1.